The molecule has 2 unspecified atom stereocenters. The van der Waals surface area contributed by atoms with Crippen molar-refractivity contribution in [3.8, 4) is 5.75 Å². The van der Waals surface area contributed by atoms with Crippen LogP contribution in [0.5, 0.6) is 5.75 Å². The Morgan fingerprint density at radius 1 is 1.42 bits per heavy atom. The standard InChI is InChI=1S/C17H22FN3O3/c1-12-19-17(24-20-12)13-3-2-8-21(9-13)10-15(22)11-23-16-6-4-14(18)5-7-16/h4-7,13,15,22H,2-3,8-11H2,1H3. The van der Waals surface area contributed by atoms with Gasteiger partial charge in [0, 0.05) is 13.1 Å². The van der Waals surface area contributed by atoms with E-state index in [1.165, 1.54) is 12.1 Å². The Kier molecular flexibility index (Phi) is 5.42. The van der Waals surface area contributed by atoms with Crippen LogP contribution in [-0.4, -0.2) is 52.5 Å². The van der Waals surface area contributed by atoms with Crippen molar-refractivity contribution in [3.05, 3.63) is 41.8 Å². The van der Waals surface area contributed by atoms with Crippen molar-refractivity contribution in [2.75, 3.05) is 26.2 Å². The number of β-amino-alcohol motifs (C(OH)–C–C–N with tert-alkyl or cyclic N) is 1. The van der Waals surface area contributed by atoms with E-state index in [2.05, 4.69) is 15.0 Å². The second kappa shape index (κ2) is 7.72. The Morgan fingerprint density at radius 2 is 2.21 bits per heavy atom. The summed E-state index contributed by atoms with van der Waals surface area (Å²) in [5, 5.41) is 14.0. The van der Waals surface area contributed by atoms with E-state index in [1.54, 1.807) is 12.1 Å². The van der Waals surface area contributed by atoms with Crippen molar-refractivity contribution in [2.24, 2.45) is 0 Å². The molecule has 7 heteroatoms. The van der Waals surface area contributed by atoms with Crippen molar-refractivity contribution >= 4 is 0 Å². The maximum atomic E-state index is 12.8. The number of aliphatic hydroxyl groups is 1. The number of nitrogens with zero attached hydrogens (tertiary/aromatic N) is 3. The van der Waals surface area contributed by atoms with E-state index in [-0.39, 0.29) is 18.3 Å². The van der Waals surface area contributed by atoms with E-state index in [9.17, 15) is 9.50 Å². The minimum absolute atomic E-state index is 0.173. The van der Waals surface area contributed by atoms with Gasteiger partial charge in [0.25, 0.3) is 0 Å². The van der Waals surface area contributed by atoms with E-state index in [0.717, 1.165) is 25.9 Å². The third-order valence-electron chi connectivity index (χ3n) is 4.12. The van der Waals surface area contributed by atoms with Crippen LogP contribution in [0.4, 0.5) is 4.39 Å². The molecule has 1 aliphatic heterocycles. The van der Waals surface area contributed by atoms with Gasteiger partial charge in [-0.15, -0.1) is 0 Å². The average molecular weight is 335 g/mol. The second-order valence-corrected chi connectivity index (χ2v) is 6.20. The van der Waals surface area contributed by atoms with Gasteiger partial charge in [0.05, 0.1) is 5.92 Å². The van der Waals surface area contributed by atoms with E-state index in [0.29, 0.717) is 24.0 Å². The highest BCUT2D eigenvalue weighted by Gasteiger charge is 2.26. The first-order valence-electron chi connectivity index (χ1n) is 8.19. The number of rotatable bonds is 6. The summed E-state index contributed by atoms with van der Waals surface area (Å²) in [7, 11) is 0. The first-order valence-corrected chi connectivity index (χ1v) is 8.19. The Bertz CT molecular complexity index is 647. The number of halogens is 1. The van der Waals surface area contributed by atoms with Gasteiger partial charge in [0.2, 0.25) is 5.89 Å². The first-order chi connectivity index (χ1) is 11.6. The number of hydrogen-bond donors (Lipinski definition) is 1. The van der Waals surface area contributed by atoms with Gasteiger partial charge < -0.3 is 14.4 Å². The van der Waals surface area contributed by atoms with Crippen LogP contribution in [0.15, 0.2) is 28.8 Å². The Hall–Kier alpha value is -1.99. The topological polar surface area (TPSA) is 71.6 Å². The highest BCUT2D eigenvalue weighted by molar-refractivity contribution is 5.22. The molecule has 1 saturated heterocycles. The second-order valence-electron chi connectivity index (χ2n) is 6.20. The number of piperidine rings is 1. The maximum absolute atomic E-state index is 12.8. The SMILES string of the molecule is Cc1noc(C2CCCN(CC(O)COc3ccc(F)cc3)C2)n1. The molecule has 1 aliphatic rings. The fourth-order valence-corrected chi connectivity index (χ4v) is 2.98. The number of benzene rings is 1. The molecule has 2 heterocycles. The van der Waals surface area contributed by atoms with Crippen LogP contribution in [0.3, 0.4) is 0 Å². The average Bonchev–Trinajstić information content (AvgIpc) is 3.01. The normalized spacial score (nSPS) is 20.0. The first kappa shape index (κ1) is 16.9. The summed E-state index contributed by atoms with van der Waals surface area (Å²) in [4.78, 5) is 6.50. The zero-order valence-electron chi connectivity index (χ0n) is 13.7. The highest BCUT2D eigenvalue weighted by atomic mass is 19.1. The molecule has 1 N–H and O–H groups in total. The predicted octanol–water partition coefficient (Wildman–Crippen LogP) is 2.14. The van der Waals surface area contributed by atoms with Crippen LogP contribution in [0, 0.1) is 12.7 Å². The predicted molar refractivity (Wildman–Crippen MR) is 85.4 cm³/mol. The number of hydrogen-bond acceptors (Lipinski definition) is 6. The summed E-state index contributed by atoms with van der Waals surface area (Å²) in [6, 6.07) is 5.78. The van der Waals surface area contributed by atoms with Crippen LogP contribution >= 0.6 is 0 Å². The zero-order valence-corrected chi connectivity index (χ0v) is 13.7. The summed E-state index contributed by atoms with van der Waals surface area (Å²) in [5.41, 5.74) is 0. The lowest BCUT2D eigenvalue weighted by Crippen LogP contribution is -2.41. The van der Waals surface area contributed by atoms with Gasteiger partial charge in [-0.25, -0.2) is 4.39 Å². The van der Waals surface area contributed by atoms with Gasteiger partial charge in [0.1, 0.15) is 24.3 Å². The van der Waals surface area contributed by atoms with Crippen LogP contribution < -0.4 is 4.74 Å². The molecule has 0 radical (unpaired) electrons. The van der Waals surface area contributed by atoms with Gasteiger partial charge in [-0.1, -0.05) is 5.16 Å². The minimum atomic E-state index is -0.613. The molecule has 3 rings (SSSR count). The number of ether oxygens (including phenoxy) is 1. The van der Waals surface area contributed by atoms with Crippen molar-refractivity contribution in [1.29, 1.82) is 0 Å². The van der Waals surface area contributed by atoms with Gasteiger partial charge in [-0.2, -0.15) is 4.98 Å². The molecule has 0 bridgehead atoms. The lowest BCUT2D eigenvalue weighted by Gasteiger charge is -2.32. The Balaban J connectivity index is 1.47. The molecule has 1 fully saturated rings. The molecule has 2 atom stereocenters. The van der Waals surface area contributed by atoms with Crippen LogP contribution in [0.1, 0.15) is 30.5 Å². The highest BCUT2D eigenvalue weighted by Crippen LogP contribution is 2.25. The van der Waals surface area contributed by atoms with Crippen LogP contribution in [-0.2, 0) is 0 Å². The number of aryl methyl sites for hydroxylation is 1. The van der Waals surface area contributed by atoms with Gasteiger partial charge in [-0.05, 0) is 50.6 Å². The molecule has 0 spiro atoms. The largest absolute Gasteiger partial charge is 0.491 e. The van der Waals surface area contributed by atoms with Gasteiger partial charge >= 0.3 is 0 Å². The molecule has 130 valence electrons. The molecule has 6 nitrogen and oxygen atoms in total. The van der Waals surface area contributed by atoms with Crippen molar-refractivity contribution in [1.82, 2.24) is 15.0 Å². The molecule has 24 heavy (non-hydrogen) atoms. The zero-order chi connectivity index (χ0) is 16.9. The van der Waals surface area contributed by atoms with E-state index >= 15 is 0 Å². The van der Waals surface area contributed by atoms with Gasteiger partial charge in [-0.3, -0.25) is 4.90 Å². The summed E-state index contributed by atoms with van der Waals surface area (Å²) in [5.74, 6) is 1.78. The summed E-state index contributed by atoms with van der Waals surface area (Å²) < 4.78 is 23.6. The summed E-state index contributed by atoms with van der Waals surface area (Å²) in [6.45, 7) is 4.22. The molecule has 0 amide bonds. The number of likely N-dealkylation sites (tertiary alicyclic amines) is 1. The third-order valence-corrected chi connectivity index (χ3v) is 4.12. The fourth-order valence-electron chi connectivity index (χ4n) is 2.98. The lowest BCUT2D eigenvalue weighted by molar-refractivity contribution is 0.0561. The minimum Gasteiger partial charge on any atom is -0.491 e. The number of aliphatic hydroxyl groups excluding tert-OH is 1. The Labute approximate surface area is 140 Å². The molecule has 0 saturated carbocycles. The molecular weight excluding hydrogens is 313 g/mol. The maximum Gasteiger partial charge on any atom is 0.231 e. The lowest BCUT2D eigenvalue weighted by atomic mass is 9.98. The summed E-state index contributed by atoms with van der Waals surface area (Å²) in [6.07, 6.45) is 1.43. The van der Waals surface area contributed by atoms with E-state index < -0.39 is 6.10 Å². The van der Waals surface area contributed by atoms with Crippen molar-refractivity contribution < 1.29 is 18.8 Å². The van der Waals surface area contributed by atoms with E-state index in [1.807, 2.05) is 6.92 Å². The van der Waals surface area contributed by atoms with Crippen molar-refractivity contribution in [3.63, 3.8) is 0 Å². The quantitative estimate of drug-likeness (QED) is 0.872. The van der Waals surface area contributed by atoms with Gasteiger partial charge in [0.15, 0.2) is 5.82 Å². The monoisotopic (exact) mass is 335 g/mol. The number of aromatic nitrogens is 2. The van der Waals surface area contributed by atoms with Crippen molar-refractivity contribution in [2.45, 2.75) is 31.8 Å². The third kappa shape index (κ3) is 4.52. The molecular formula is C17H22FN3O3. The van der Waals surface area contributed by atoms with Crippen LogP contribution in [0.25, 0.3) is 0 Å². The molecule has 2 aromatic rings. The van der Waals surface area contributed by atoms with Crippen LogP contribution in [0.2, 0.25) is 0 Å². The smallest absolute Gasteiger partial charge is 0.231 e. The molecule has 1 aromatic carbocycles. The Morgan fingerprint density at radius 3 is 2.92 bits per heavy atom. The summed E-state index contributed by atoms with van der Waals surface area (Å²) >= 11 is 0. The molecule has 0 aliphatic carbocycles. The fraction of sp³-hybridized carbons (Fsp3) is 0.529. The molecule has 1 aromatic heterocycles. The van der Waals surface area contributed by atoms with E-state index in [4.69, 9.17) is 9.26 Å².